The van der Waals surface area contributed by atoms with Gasteiger partial charge in [-0.2, -0.15) is 0 Å². The largest absolute Gasteiger partial charge is 0.370 e. The van der Waals surface area contributed by atoms with Crippen LogP contribution in [0.5, 0.6) is 0 Å². The monoisotopic (exact) mass is 345 g/mol. The van der Waals surface area contributed by atoms with E-state index in [2.05, 4.69) is 20.8 Å². The fourth-order valence-corrected chi connectivity index (χ4v) is 4.34. The number of rotatable bonds is 5. The third kappa shape index (κ3) is 3.31. The lowest BCUT2D eigenvalue weighted by atomic mass is 10.1. The zero-order valence-electron chi connectivity index (χ0n) is 11.2. The van der Waals surface area contributed by atoms with E-state index in [4.69, 9.17) is 0 Å². The van der Waals surface area contributed by atoms with Crippen LogP contribution in [0.2, 0.25) is 0 Å². The number of sulfone groups is 1. The van der Waals surface area contributed by atoms with E-state index in [0.717, 1.165) is 36.9 Å². The highest BCUT2D eigenvalue weighted by molar-refractivity contribution is 9.09. The lowest BCUT2D eigenvalue weighted by molar-refractivity contribution is 0.575. The number of halogens is 1. The Morgan fingerprint density at radius 1 is 1.37 bits per heavy atom. The van der Waals surface area contributed by atoms with Gasteiger partial charge in [-0.05, 0) is 30.9 Å². The Bertz CT molecular complexity index is 530. The van der Waals surface area contributed by atoms with Crippen molar-refractivity contribution in [3.63, 3.8) is 0 Å². The standard InChI is InChI=1S/C14H20BrNO2S/c1-2-19(17,18)14-6-4-3-5-13(14)16-10-8-12(11-16)7-9-15/h3-6,12H,2,7-11H2,1H3. The summed E-state index contributed by atoms with van der Waals surface area (Å²) in [6.07, 6.45) is 2.30. The molecule has 0 aromatic heterocycles. The van der Waals surface area contributed by atoms with E-state index >= 15 is 0 Å². The van der Waals surface area contributed by atoms with Crippen LogP contribution in [0, 0.1) is 5.92 Å². The molecule has 1 saturated heterocycles. The Labute approximate surface area is 124 Å². The van der Waals surface area contributed by atoms with Gasteiger partial charge in [-0.3, -0.25) is 0 Å². The van der Waals surface area contributed by atoms with Crippen LogP contribution in [-0.2, 0) is 9.84 Å². The van der Waals surface area contributed by atoms with Crippen molar-refractivity contribution in [2.75, 3.05) is 29.1 Å². The van der Waals surface area contributed by atoms with Crippen molar-refractivity contribution in [2.45, 2.75) is 24.7 Å². The van der Waals surface area contributed by atoms with Gasteiger partial charge < -0.3 is 4.90 Å². The topological polar surface area (TPSA) is 37.4 Å². The summed E-state index contributed by atoms with van der Waals surface area (Å²) in [7, 11) is -3.15. The van der Waals surface area contributed by atoms with E-state index in [0.29, 0.717) is 10.8 Å². The first-order valence-corrected chi connectivity index (χ1v) is 9.48. The third-order valence-corrected chi connectivity index (χ3v) is 5.96. The molecule has 0 amide bonds. The number of hydrogen-bond donors (Lipinski definition) is 0. The van der Waals surface area contributed by atoms with Gasteiger partial charge in [0.15, 0.2) is 9.84 Å². The maximum absolute atomic E-state index is 12.2. The third-order valence-electron chi connectivity index (χ3n) is 3.72. The molecule has 0 aliphatic carbocycles. The molecule has 1 fully saturated rings. The van der Waals surface area contributed by atoms with Gasteiger partial charge in [-0.25, -0.2) is 8.42 Å². The van der Waals surface area contributed by atoms with Crippen LogP contribution < -0.4 is 4.90 Å². The molecular formula is C14H20BrNO2S. The second kappa shape index (κ2) is 6.27. The minimum absolute atomic E-state index is 0.155. The Balaban J connectivity index is 2.27. The van der Waals surface area contributed by atoms with Gasteiger partial charge in [-0.15, -0.1) is 0 Å². The quantitative estimate of drug-likeness (QED) is 0.769. The lowest BCUT2D eigenvalue weighted by Crippen LogP contribution is -2.22. The average Bonchev–Trinajstić information content (AvgIpc) is 2.88. The number of para-hydroxylation sites is 1. The fraction of sp³-hybridized carbons (Fsp3) is 0.571. The molecule has 106 valence electrons. The Morgan fingerprint density at radius 3 is 2.79 bits per heavy atom. The fourth-order valence-electron chi connectivity index (χ4n) is 2.58. The van der Waals surface area contributed by atoms with E-state index in [1.54, 1.807) is 19.1 Å². The number of hydrogen-bond acceptors (Lipinski definition) is 3. The first-order chi connectivity index (χ1) is 9.08. The maximum Gasteiger partial charge on any atom is 0.180 e. The van der Waals surface area contributed by atoms with E-state index in [9.17, 15) is 8.42 Å². The Morgan fingerprint density at radius 2 is 2.11 bits per heavy atom. The molecule has 2 rings (SSSR count). The lowest BCUT2D eigenvalue weighted by Gasteiger charge is -2.21. The molecule has 0 radical (unpaired) electrons. The summed E-state index contributed by atoms with van der Waals surface area (Å²) in [6.45, 7) is 3.61. The summed E-state index contributed by atoms with van der Waals surface area (Å²) in [4.78, 5) is 2.70. The normalized spacial score (nSPS) is 19.9. The minimum Gasteiger partial charge on any atom is -0.370 e. The predicted molar refractivity (Wildman–Crippen MR) is 82.9 cm³/mol. The van der Waals surface area contributed by atoms with Crippen LogP contribution in [0.1, 0.15) is 19.8 Å². The van der Waals surface area contributed by atoms with Gasteiger partial charge in [0.2, 0.25) is 0 Å². The molecule has 1 aliphatic heterocycles. The number of anilines is 1. The van der Waals surface area contributed by atoms with Crippen LogP contribution in [0.3, 0.4) is 0 Å². The van der Waals surface area contributed by atoms with Crippen molar-refractivity contribution in [2.24, 2.45) is 5.92 Å². The molecule has 1 aromatic rings. The van der Waals surface area contributed by atoms with Gasteiger partial charge in [0, 0.05) is 18.4 Å². The van der Waals surface area contributed by atoms with Crippen LogP contribution >= 0.6 is 15.9 Å². The van der Waals surface area contributed by atoms with Crippen LogP contribution in [0.15, 0.2) is 29.2 Å². The molecule has 5 heteroatoms. The van der Waals surface area contributed by atoms with Crippen molar-refractivity contribution in [1.82, 2.24) is 0 Å². The van der Waals surface area contributed by atoms with Crippen molar-refractivity contribution >= 4 is 31.5 Å². The minimum atomic E-state index is -3.15. The molecule has 0 spiro atoms. The van der Waals surface area contributed by atoms with Crippen LogP contribution in [-0.4, -0.2) is 32.6 Å². The summed E-state index contributed by atoms with van der Waals surface area (Å²) in [5, 5.41) is 1.01. The zero-order valence-corrected chi connectivity index (χ0v) is 13.6. The van der Waals surface area contributed by atoms with Crippen molar-refractivity contribution in [3.8, 4) is 0 Å². The summed E-state index contributed by atoms with van der Waals surface area (Å²) < 4.78 is 24.3. The maximum atomic E-state index is 12.2. The molecule has 1 aliphatic rings. The molecule has 1 atom stereocenters. The molecular weight excluding hydrogens is 326 g/mol. The molecule has 3 nitrogen and oxygen atoms in total. The van der Waals surface area contributed by atoms with E-state index < -0.39 is 9.84 Å². The van der Waals surface area contributed by atoms with Gasteiger partial charge in [0.05, 0.1) is 16.3 Å². The summed E-state index contributed by atoms with van der Waals surface area (Å²) in [5.41, 5.74) is 0.876. The van der Waals surface area contributed by atoms with Crippen LogP contribution in [0.4, 0.5) is 5.69 Å². The zero-order chi connectivity index (χ0) is 13.9. The molecule has 0 bridgehead atoms. The van der Waals surface area contributed by atoms with Gasteiger partial charge >= 0.3 is 0 Å². The molecule has 0 saturated carbocycles. The summed E-state index contributed by atoms with van der Waals surface area (Å²) in [6, 6.07) is 7.38. The van der Waals surface area contributed by atoms with E-state index in [1.165, 1.54) is 0 Å². The summed E-state index contributed by atoms with van der Waals surface area (Å²) >= 11 is 3.48. The van der Waals surface area contributed by atoms with Gasteiger partial charge in [-0.1, -0.05) is 35.0 Å². The Kier molecular flexibility index (Phi) is 4.90. The Hall–Kier alpha value is -0.550. The molecule has 1 aromatic carbocycles. The second-order valence-corrected chi connectivity index (χ2v) is 7.99. The molecule has 1 unspecified atom stereocenters. The first kappa shape index (κ1) is 14.9. The SMILES string of the molecule is CCS(=O)(=O)c1ccccc1N1CCC(CCBr)C1. The first-order valence-electron chi connectivity index (χ1n) is 6.71. The molecule has 1 heterocycles. The number of benzene rings is 1. The number of nitrogens with zero attached hydrogens (tertiary/aromatic N) is 1. The highest BCUT2D eigenvalue weighted by Gasteiger charge is 2.26. The average molecular weight is 346 g/mol. The van der Waals surface area contributed by atoms with Crippen molar-refractivity contribution in [3.05, 3.63) is 24.3 Å². The highest BCUT2D eigenvalue weighted by atomic mass is 79.9. The highest BCUT2D eigenvalue weighted by Crippen LogP contribution is 2.31. The van der Waals surface area contributed by atoms with Crippen molar-refractivity contribution in [1.29, 1.82) is 0 Å². The van der Waals surface area contributed by atoms with Crippen LogP contribution in [0.25, 0.3) is 0 Å². The van der Waals surface area contributed by atoms with Crippen molar-refractivity contribution < 1.29 is 8.42 Å². The predicted octanol–water partition coefficient (Wildman–Crippen LogP) is 3.09. The van der Waals surface area contributed by atoms with E-state index in [-0.39, 0.29) is 5.75 Å². The van der Waals surface area contributed by atoms with Gasteiger partial charge in [0.1, 0.15) is 0 Å². The molecule has 19 heavy (non-hydrogen) atoms. The van der Waals surface area contributed by atoms with E-state index in [1.807, 2.05) is 12.1 Å². The van der Waals surface area contributed by atoms with Gasteiger partial charge in [0.25, 0.3) is 0 Å². The molecule has 0 N–H and O–H groups in total. The summed E-state index contributed by atoms with van der Waals surface area (Å²) in [5.74, 6) is 0.819. The smallest absolute Gasteiger partial charge is 0.180 e. The second-order valence-electron chi connectivity index (χ2n) is 4.95. The number of alkyl halides is 1.